The molecule has 168 valence electrons. The molecule has 2 aliphatic rings. The highest BCUT2D eigenvalue weighted by molar-refractivity contribution is 5.99. The first-order valence-corrected chi connectivity index (χ1v) is 10.5. The predicted molar refractivity (Wildman–Crippen MR) is 108 cm³/mol. The van der Waals surface area contributed by atoms with Gasteiger partial charge in [0, 0.05) is 49.9 Å². The minimum Gasteiger partial charge on any atom is -0.336 e. The number of piperazine rings is 1. The molecule has 0 radical (unpaired) electrons. The SMILES string of the molecule is O=C(c1cnn2c(C(F)(F)F)cc(C3CC3)nc12)N1CCN(Cc2ccccc2F)CC1. The average molecular weight is 447 g/mol. The summed E-state index contributed by atoms with van der Waals surface area (Å²) in [7, 11) is 0. The maximum absolute atomic E-state index is 13.9. The van der Waals surface area contributed by atoms with Crippen LogP contribution in [0.25, 0.3) is 5.65 Å². The van der Waals surface area contributed by atoms with E-state index in [0.29, 0.717) is 48.5 Å². The monoisotopic (exact) mass is 447 g/mol. The molecule has 1 saturated carbocycles. The molecule has 1 amide bonds. The molecular formula is C22H21F4N5O. The minimum absolute atomic E-state index is 0.000814. The maximum atomic E-state index is 13.9. The third kappa shape index (κ3) is 3.94. The molecule has 0 spiro atoms. The molecule has 10 heteroatoms. The van der Waals surface area contributed by atoms with Crippen LogP contribution in [0.5, 0.6) is 0 Å². The van der Waals surface area contributed by atoms with Gasteiger partial charge < -0.3 is 4.90 Å². The molecule has 6 nitrogen and oxygen atoms in total. The molecule has 1 aliphatic heterocycles. The van der Waals surface area contributed by atoms with Crippen molar-refractivity contribution in [3.63, 3.8) is 0 Å². The van der Waals surface area contributed by atoms with E-state index in [9.17, 15) is 22.4 Å². The Morgan fingerprint density at radius 1 is 1.09 bits per heavy atom. The van der Waals surface area contributed by atoms with Crippen molar-refractivity contribution in [2.45, 2.75) is 31.5 Å². The van der Waals surface area contributed by atoms with Crippen LogP contribution in [-0.2, 0) is 12.7 Å². The van der Waals surface area contributed by atoms with Crippen molar-refractivity contribution in [3.8, 4) is 0 Å². The lowest BCUT2D eigenvalue weighted by Gasteiger charge is -2.34. The number of benzene rings is 1. The van der Waals surface area contributed by atoms with Gasteiger partial charge in [-0.1, -0.05) is 18.2 Å². The van der Waals surface area contributed by atoms with Gasteiger partial charge in [-0.05, 0) is 25.0 Å². The van der Waals surface area contributed by atoms with Crippen molar-refractivity contribution < 1.29 is 22.4 Å². The first kappa shape index (κ1) is 20.9. The highest BCUT2D eigenvalue weighted by atomic mass is 19.4. The molecular weight excluding hydrogens is 426 g/mol. The first-order chi connectivity index (χ1) is 15.3. The Bertz CT molecular complexity index is 1160. The quantitative estimate of drug-likeness (QED) is 0.572. The molecule has 2 aromatic heterocycles. The lowest BCUT2D eigenvalue weighted by molar-refractivity contribution is -0.142. The zero-order chi connectivity index (χ0) is 22.5. The molecule has 0 unspecified atom stereocenters. The van der Waals surface area contributed by atoms with Crippen LogP contribution in [0.4, 0.5) is 17.6 Å². The summed E-state index contributed by atoms with van der Waals surface area (Å²) in [4.78, 5) is 21.1. The fourth-order valence-electron chi connectivity index (χ4n) is 4.07. The normalized spacial score (nSPS) is 17.8. The fourth-order valence-corrected chi connectivity index (χ4v) is 4.07. The Labute approximate surface area is 181 Å². The number of rotatable bonds is 4. The second-order valence-corrected chi connectivity index (χ2v) is 8.29. The topological polar surface area (TPSA) is 53.7 Å². The lowest BCUT2D eigenvalue weighted by Crippen LogP contribution is -2.48. The highest BCUT2D eigenvalue weighted by Crippen LogP contribution is 2.41. The molecule has 3 aromatic rings. The largest absolute Gasteiger partial charge is 0.433 e. The number of carbonyl (C=O) groups excluding carboxylic acids is 1. The van der Waals surface area contributed by atoms with Gasteiger partial charge >= 0.3 is 6.18 Å². The summed E-state index contributed by atoms with van der Waals surface area (Å²) in [5.74, 6) is -0.657. The van der Waals surface area contributed by atoms with Crippen LogP contribution in [0.3, 0.4) is 0 Å². The van der Waals surface area contributed by atoms with Crippen molar-refractivity contribution in [2.24, 2.45) is 0 Å². The van der Waals surface area contributed by atoms with E-state index in [4.69, 9.17) is 0 Å². The van der Waals surface area contributed by atoms with Gasteiger partial charge in [-0.2, -0.15) is 18.3 Å². The number of hydrogen-bond donors (Lipinski definition) is 0. The molecule has 2 fully saturated rings. The number of alkyl halides is 3. The van der Waals surface area contributed by atoms with Crippen molar-refractivity contribution >= 4 is 11.6 Å². The van der Waals surface area contributed by atoms with Gasteiger partial charge in [0.25, 0.3) is 5.91 Å². The van der Waals surface area contributed by atoms with Gasteiger partial charge in [0.1, 0.15) is 17.1 Å². The molecule has 0 N–H and O–H groups in total. The first-order valence-electron chi connectivity index (χ1n) is 10.5. The number of halogens is 4. The van der Waals surface area contributed by atoms with E-state index in [-0.39, 0.29) is 28.9 Å². The third-order valence-corrected chi connectivity index (χ3v) is 6.02. The summed E-state index contributed by atoms with van der Waals surface area (Å²) in [5, 5.41) is 3.84. The van der Waals surface area contributed by atoms with E-state index in [1.54, 1.807) is 23.1 Å². The van der Waals surface area contributed by atoms with Gasteiger partial charge in [0.15, 0.2) is 5.65 Å². The zero-order valence-corrected chi connectivity index (χ0v) is 17.1. The molecule has 32 heavy (non-hydrogen) atoms. The van der Waals surface area contributed by atoms with Crippen molar-refractivity contribution in [1.29, 1.82) is 0 Å². The van der Waals surface area contributed by atoms with Crippen LogP contribution in [0, 0.1) is 5.82 Å². The number of amides is 1. The van der Waals surface area contributed by atoms with E-state index < -0.39 is 11.9 Å². The predicted octanol–water partition coefficient (Wildman–Crippen LogP) is 3.72. The zero-order valence-electron chi connectivity index (χ0n) is 17.1. The minimum atomic E-state index is -4.60. The Balaban J connectivity index is 1.35. The van der Waals surface area contributed by atoms with Gasteiger partial charge in [-0.3, -0.25) is 9.69 Å². The van der Waals surface area contributed by atoms with E-state index in [0.717, 1.165) is 18.9 Å². The van der Waals surface area contributed by atoms with Gasteiger partial charge in [-0.25, -0.2) is 13.9 Å². The fraction of sp³-hybridized carbons (Fsp3) is 0.409. The summed E-state index contributed by atoms with van der Waals surface area (Å²) < 4.78 is 55.4. The van der Waals surface area contributed by atoms with Crippen molar-refractivity contribution in [3.05, 3.63) is 64.9 Å². The van der Waals surface area contributed by atoms with Crippen LogP contribution in [0.2, 0.25) is 0 Å². The molecule has 1 saturated heterocycles. The summed E-state index contributed by atoms with van der Waals surface area (Å²) in [6.07, 6.45) is -1.85. The Morgan fingerprint density at radius 3 is 2.47 bits per heavy atom. The van der Waals surface area contributed by atoms with Crippen LogP contribution in [-0.4, -0.2) is 56.5 Å². The number of fused-ring (bicyclic) bond motifs is 1. The van der Waals surface area contributed by atoms with Crippen LogP contribution < -0.4 is 0 Å². The third-order valence-electron chi connectivity index (χ3n) is 6.02. The van der Waals surface area contributed by atoms with Crippen LogP contribution >= 0.6 is 0 Å². The maximum Gasteiger partial charge on any atom is 0.433 e. The second-order valence-electron chi connectivity index (χ2n) is 8.29. The van der Waals surface area contributed by atoms with E-state index in [1.807, 2.05) is 4.90 Å². The number of nitrogens with zero attached hydrogens (tertiary/aromatic N) is 5. The van der Waals surface area contributed by atoms with E-state index in [2.05, 4.69) is 10.1 Å². The highest BCUT2D eigenvalue weighted by Gasteiger charge is 2.38. The van der Waals surface area contributed by atoms with Gasteiger partial charge in [0.05, 0.1) is 6.20 Å². The lowest BCUT2D eigenvalue weighted by atomic mass is 10.1. The smallest absolute Gasteiger partial charge is 0.336 e. The second kappa shape index (κ2) is 7.84. The number of carbonyl (C=O) groups is 1. The van der Waals surface area contributed by atoms with Gasteiger partial charge in [0.2, 0.25) is 0 Å². The van der Waals surface area contributed by atoms with Crippen LogP contribution in [0.1, 0.15) is 46.1 Å². The van der Waals surface area contributed by atoms with Crippen molar-refractivity contribution in [2.75, 3.05) is 26.2 Å². The molecule has 0 atom stereocenters. The Kier molecular flexibility index (Phi) is 5.11. The van der Waals surface area contributed by atoms with Crippen molar-refractivity contribution in [1.82, 2.24) is 24.4 Å². The summed E-state index contributed by atoms with van der Waals surface area (Å²) in [6.45, 7) is 2.28. The number of hydrogen-bond acceptors (Lipinski definition) is 4. The van der Waals surface area contributed by atoms with Crippen LogP contribution in [0.15, 0.2) is 36.5 Å². The molecule has 5 rings (SSSR count). The van der Waals surface area contributed by atoms with Gasteiger partial charge in [-0.15, -0.1) is 0 Å². The number of aromatic nitrogens is 3. The Morgan fingerprint density at radius 2 is 1.81 bits per heavy atom. The summed E-state index contributed by atoms with van der Waals surface area (Å²) >= 11 is 0. The molecule has 1 aromatic carbocycles. The average Bonchev–Trinajstić information content (AvgIpc) is 3.53. The molecule has 0 bridgehead atoms. The Hall–Kier alpha value is -3.01. The molecule has 3 heterocycles. The molecule has 1 aliphatic carbocycles. The summed E-state index contributed by atoms with van der Waals surface area (Å²) in [5.41, 5.74) is 0.0414. The standard InChI is InChI=1S/C22H21F4N5O/c23-17-4-2-1-3-15(17)13-29-7-9-30(10-8-29)21(32)16-12-27-31-19(22(24,25)26)11-18(14-5-6-14)28-20(16)31/h1-4,11-12,14H,5-10,13H2. The summed E-state index contributed by atoms with van der Waals surface area (Å²) in [6, 6.07) is 7.60. The van der Waals surface area contributed by atoms with E-state index >= 15 is 0 Å². The van der Waals surface area contributed by atoms with E-state index in [1.165, 1.54) is 12.3 Å².